The smallest absolute Gasteiger partial charge is 0.430 e. The van der Waals surface area contributed by atoms with E-state index >= 15 is 0 Å². The summed E-state index contributed by atoms with van der Waals surface area (Å²) in [6.07, 6.45) is 15.9. The van der Waals surface area contributed by atoms with E-state index in [2.05, 4.69) is 0 Å². The van der Waals surface area contributed by atoms with Gasteiger partial charge in [-0.1, -0.05) is 24.0 Å². The van der Waals surface area contributed by atoms with Gasteiger partial charge in [0.05, 0.1) is 0 Å². The van der Waals surface area contributed by atoms with Gasteiger partial charge in [-0.2, -0.15) is 0 Å². The monoisotopic (exact) mass is 278 g/mol. The third kappa shape index (κ3) is 5.81. The van der Waals surface area contributed by atoms with Crippen molar-refractivity contribution >= 4 is 6.16 Å². The lowest BCUT2D eigenvalue weighted by Crippen LogP contribution is -2.08. The number of hydrogen-bond acceptors (Lipinski definition) is 3. The zero-order valence-electron chi connectivity index (χ0n) is 12.4. The van der Waals surface area contributed by atoms with Gasteiger partial charge in [0.1, 0.15) is 13.2 Å². The molecule has 112 valence electrons. The molecule has 2 aliphatic rings. The molecule has 0 aliphatic heterocycles. The SMILES string of the molecule is O=C(OCC=C1CCCCC1)OCC=C1CCCCC1. The number of carbonyl (C=O) groups excluding carboxylic acids is 1. The summed E-state index contributed by atoms with van der Waals surface area (Å²) in [5.74, 6) is 0. The van der Waals surface area contributed by atoms with Crippen LogP contribution in [0.25, 0.3) is 0 Å². The van der Waals surface area contributed by atoms with E-state index < -0.39 is 6.16 Å². The molecule has 0 aromatic heterocycles. The van der Waals surface area contributed by atoms with Crippen molar-refractivity contribution in [3.05, 3.63) is 23.3 Å². The number of allylic oxidation sites excluding steroid dienone is 2. The zero-order chi connectivity index (χ0) is 14.0. The van der Waals surface area contributed by atoms with Crippen molar-refractivity contribution in [1.29, 1.82) is 0 Å². The lowest BCUT2D eigenvalue weighted by molar-refractivity contribution is 0.0714. The highest BCUT2D eigenvalue weighted by Crippen LogP contribution is 2.23. The molecule has 2 aliphatic carbocycles. The van der Waals surface area contributed by atoms with Crippen LogP contribution in [-0.2, 0) is 9.47 Å². The fraction of sp³-hybridized carbons (Fsp3) is 0.706. The van der Waals surface area contributed by atoms with E-state index in [-0.39, 0.29) is 0 Å². The standard InChI is InChI=1S/C17H26O3/c18-17(19-13-11-15-7-3-1-4-8-15)20-14-12-16-9-5-2-6-10-16/h11-12H,1-10,13-14H2. The van der Waals surface area contributed by atoms with Gasteiger partial charge in [-0.3, -0.25) is 0 Å². The van der Waals surface area contributed by atoms with E-state index in [1.807, 2.05) is 12.2 Å². The molecular weight excluding hydrogens is 252 g/mol. The van der Waals surface area contributed by atoms with Gasteiger partial charge in [0, 0.05) is 0 Å². The van der Waals surface area contributed by atoms with E-state index in [0.29, 0.717) is 13.2 Å². The van der Waals surface area contributed by atoms with Crippen LogP contribution in [0, 0.1) is 0 Å². The first-order valence-corrected chi connectivity index (χ1v) is 8.00. The highest BCUT2D eigenvalue weighted by atomic mass is 16.7. The van der Waals surface area contributed by atoms with E-state index in [1.54, 1.807) is 0 Å². The van der Waals surface area contributed by atoms with Gasteiger partial charge in [-0.25, -0.2) is 4.79 Å². The number of hydrogen-bond donors (Lipinski definition) is 0. The van der Waals surface area contributed by atoms with Crippen LogP contribution in [0.4, 0.5) is 4.79 Å². The van der Waals surface area contributed by atoms with Gasteiger partial charge in [0.2, 0.25) is 0 Å². The topological polar surface area (TPSA) is 35.5 Å². The lowest BCUT2D eigenvalue weighted by Gasteiger charge is -2.14. The molecule has 0 N–H and O–H groups in total. The number of ether oxygens (including phenoxy) is 2. The molecule has 0 aromatic rings. The molecular formula is C17H26O3. The second-order valence-electron chi connectivity index (χ2n) is 5.72. The number of carbonyl (C=O) groups is 1. The summed E-state index contributed by atoms with van der Waals surface area (Å²) in [6, 6.07) is 0. The molecule has 2 rings (SSSR count). The summed E-state index contributed by atoms with van der Waals surface area (Å²) in [6.45, 7) is 0.704. The third-order valence-corrected chi connectivity index (χ3v) is 4.14. The van der Waals surface area contributed by atoms with Crippen LogP contribution in [0.15, 0.2) is 23.3 Å². The van der Waals surface area contributed by atoms with Crippen LogP contribution in [0.5, 0.6) is 0 Å². The highest BCUT2D eigenvalue weighted by molar-refractivity contribution is 5.60. The normalized spacial score (nSPS) is 19.4. The quantitative estimate of drug-likeness (QED) is 0.541. The molecule has 0 heterocycles. The van der Waals surface area contributed by atoms with Crippen molar-refractivity contribution < 1.29 is 14.3 Å². The van der Waals surface area contributed by atoms with Gasteiger partial charge >= 0.3 is 6.16 Å². The van der Waals surface area contributed by atoms with Gasteiger partial charge in [-0.05, 0) is 63.5 Å². The number of rotatable bonds is 4. The Morgan fingerprint density at radius 1 is 0.750 bits per heavy atom. The van der Waals surface area contributed by atoms with E-state index in [4.69, 9.17) is 9.47 Å². The summed E-state index contributed by atoms with van der Waals surface area (Å²) in [7, 11) is 0. The molecule has 0 radical (unpaired) electrons. The molecule has 0 amide bonds. The van der Waals surface area contributed by atoms with Crippen molar-refractivity contribution in [2.75, 3.05) is 13.2 Å². The Morgan fingerprint density at radius 3 is 1.55 bits per heavy atom. The fourth-order valence-corrected chi connectivity index (χ4v) is 2.92. The molecule has 3 heteroatoms. The second-order valence-corrected chi connectivity index (χ2v) is 5.72. The van der Waals surface area contributed by atoms with Gasteiger partial charge in [-0.15, -0.1) is 0 Å². The maximum Gasteiger partial charge on any atom is 0.508 e. The molecule has 0 unspecified atom stereocenters. The molecule has 0 spiro atoms. The van der Waals surface area contributed by atoms with Crippen LogP contribution in [0.2, 0.25) is 0 Å². The molecule has 0 aromatic carbocycles. The van der Waals surface area contributed by atoms with Gasteiger partial charge in [0.15, 0.2) is 0 Å². The fourth-order valence-electron chi connectivity index (χ4n) is 2.92. The van der Waals surface area contributed by atoms with Crippen molar-refractivity contribution in [2.45, 2.75) is 64.2 Å². The van der Waals surface area contributed by atoms with E-state index in [1.165, 1.54) is 49.7 Å². The molecule has 0 saturated heterocycles. The maximum absolute atomic E-state index is 11.4. The van der Waals surface area contributed by atoms with E-state index in [0.717, 1.165) is 25.7 Å². The molecule has 3 nitrogen and oxygen atoms in total. The molecule has 2 fully saturated rings. The van der Waals surface area contributed by atoms with Crippen molar-refractivity contribution in [3.63, 3.8) is 0 Å². The maximum atomic E-state index is 11.4. The summed E-state index contributed by atoms with van der Waals surface area (Å²) in [5.41, 5.74) is 2.85. The Hall–Kier alpha value is -1.25. The first-order chi connectivity index (χ1) is 9.84. The molecule has 20 heavy (non-hydrogen) atoms. The van der Waals surface area contributed by atoms with Crippen molar-refractivity contribution in [2.24, 2.45) is 0 Å². The average molecular weight is 278 g/mol. The minimum atomic E-state index is -0.551. The average Bonchev–Trinajstić information content (AvgIpc) is 2.49. The highest BCUT2D eigenvalue weighted by Gasteiger charge is 2.07. The summed E-state index contributed by atoms with van der Waals surface area (Å²) >= 11 is 0. The van der Waals surface area contributed by atoms with Crippen LogP contribution in [0.3, 0.4) is 0 Å². The first kappa shape index (κ1) is 15.1. The predicted molar refractivity (Wildman–Crippen MR) is 79.6 cm³/mol. The largest absolute Gasteiger partial charge is 0.508 e. The van der Waals surface area contributed by atoms with Crippen molar-refractivity contribution in [1.82, 2.24) is 0 Å². The van der Waals surface area contributed by atoms with Gasteiger partial charge in [0.25, 0.3) is 0 Å². The zero-order valence-corrected chi connectivity index (χ0v) is 12.4. The van der Waals surface area contributed by atoms with Crippen LogP contribution in [-0.4, -0.2) is 19.4 Å². The predicted octanol–water partition coefficient (Wildman–Crippen LogP) is 4.92. The molecule has 0 bridgehead atoms. The second kappa shape index (κ2) is 8.83. The van der Waals surface area contributed by atoms with E-state index in [9.17, 15) is 4.79 Å². The summed E-state index contributed by atoms with van der Waals surface area (Å²) in [5, 5.41) is 0. The Labute approximate surface area is 122 Å². The van der Waals surface area contributed by atoms with Crippen LogP contribution < -0.4 is 0 Å². The van der Waals surface area contributed by atoms with Crippen LogP contribution >= 0.6 is 0 Å². The third-order valence-electron chi connectivity index (χ3n) is 4.14. The Morgan fingerprint density at radius 2 is 1.15 bits per heavy atom. The minimum Gasteiger partial charge on any atom is -0.430 e. The Bertz CT molecular complexity index is 318. The van der Waals surface area contributed by atoms with Gasteiger partial charge < -0.3 is 9.47 Å². The summed E-state index contributed by atoms with van der Waals surface area (Å²) in [4.78, 5) is 11.4. The molecule has 2 saturated carbocycles. The lowest BCUT2D eigenvalue weighted by atomic mass is 9.95. The molecule has 0 atom stereocenters. The Balaban J connectivity index is 1.58. The Kier molecular flexibility index (Phi) is 6.69. The van der Waals surface area contributed by atoms with Crippen LogP contribution in [0.1, 0.15) is 64.2 Å². The first-order valence-electron chi connectivity index (χ1n) is 8.00. The van der Waals surface area contributed by atoms with Crippen molar-refractivity contribution in [3.8, 4) is 0 Å². The minimum absolute atomic E-state index is 0.352. The summed E-state index contributed by atoms with van der Waals surface area (Å²) < 4.78 is 10.1.